The summed E-state index contributed by atoms with van der Waals surface area (Å²) in [5.41, 5.74) is 0. The summed E-state index contributed by atoms with van der Waals surface area (Å²) in [4.78, 5) is 16.3. The number of hydrogen-bond acceptors (Lipinski definition) is 3. The van der Waals surface area contributed by atoms with Gasteiger partial charge in [-0.05, 0) is 13.3 Å². The van der Waals surface area contributed by atoms with Crippen molar-refractivity contribution >= 4 is 5.91 Å². The Morgan fingerprint density at radius 1 is 1.56 bits per heavy atom. The topological polar surface area (TPSA) is 38.8 Å². The van der Waals surface area contributed by atoms with E-state index in [1.807, 2.05) is 19.1 Å². The van der Waals surface area contributed by atoms with E-state index in [1.165, 1.54) is 12.2 Å². The largest absolute Gasteiger partial charge is 0.370 e. The standard InChI is InChI=1S/C12H21NO3/c1-5-7-11(16-10-6-2)8-9-12(14)13(3)15-4/h5-7,11H,2,8-10H2,1,3-4H3/b7-5+. The summed E-state index contributed by atoms with van der Waals surface area (Å²) in [7, 11) is 3.06. The predicted octanol–water partition coefficient (Wildman–Crippen LogP) is 1.93. The van der Waals surface area contributed by atoms with Crippen molar-refractivity contribution in [2.75, 3.05) is 20.8 Å². The molecule has 0 heterocycles. The van der Waals surface area contributed by atoms with Gasteiger partial charge in [0.1, 0.15) is 0 Å². The van der Waals surface area contributed by atoms with E-state index in [9.17, 15) is 4.79 Å². The van der Waals surface area contributed by atoms with Crippen molar-refractivity contribution < 1.29 is 14.4 Å². The van der Waals surface area contributed by atoms with Gasteiger partial charge in [-0.25, -0.2) is 5.06 Å². The Bertz CT molecular complexity index is 238. The molecule has 92 valence electrons. The van der Waals surface area contributed by atoms with Gasteiger partial charge >= 0.3 is 0 Å². The number of allylic oxidation sites excluding steroid dienone is 1. The quantitative estimate of drug-likeness (QED) is 0.470. The van der Waals surface area contributed by atoms with Gasteiger partial charge in [-0.2, -0.15) is 0 Å². The first kappa shape index (κ1) is 14.9. The highest BCUT2D eigenvalue weighted by atomic mass is 16.7. The fraction of sp³-hybridized carbons (Fsp3) is 0.583. The molecule has 0 N–H and O–H groups in total. The first-order chi connectivity index (χ1) is 7.65. The molecule has 0 aromatic heterocycles. The average molecular weight is 227 g/mol. The van der Waals surface area contributed by atoms with Crippen LogP contribution < -0.4 is 0 Å². The lowest BCUT2D eigenvalue weighted by Gasteiger charge is -2.16. The van der Waals surface area contributed by atoms with E-state index in [4.69, 9.17) is 9.57 Å². The minimum absolute atomic E-state index is 0.0443. The summed E-state index contributed by atoms with van der Waals surface area (Å²) < 4.78 is 5.48. The predicted molar refractivity (Wildman–Crippen MR) is 63.8 cm³/mol. The fourth-order valence-corrected chi connectivity index (χ4v) is 1.17. The smallest absolute Gasteiger partial charge is 0.245 e. The Hall–Kier alpha value is -1.13. The van der Waals surface area contributed by atoms with Gasteiger partial charge in [-0.3, -0.25) is 9.63 Å². The Balaban J connectivity index is 4.00. The van der Waals surface area contributed by atoms with E-state index in [1.54, 1.807) is 13.1 Å². The highest BCUT2D eigenvalue weighted by Gasteiger charge is 2.11. The van der Waals surface area contributed by atoms with Gasteiger partial charge in [0.05, 0.1) is 19.8 Å². The molecule has 0 rings (SSSR count). The number of carbonyl (C=O) groups excluding carboxylic acids is 1. The molecule has 0 saturated heterocycles. The van der Waals surface area contributed by atoms with Crippen LogP contribution in [0, 0.1) is 0 Å². The van der Waals surface area contributed by atoms with Crippen molar-refractivity contribution in [3.8, 4) is 0 Å². The third-order valence-electron chi connectivity index (χ3n) is 2.10. The zero-order chi connectivity index (χ0) is 12.4. The summed E-state index contributed by atoms with van der Waals surface area (Å²) >= 11 is 0. The van der Waals surface area contributed by atoms with Crippen molar-refractivity contribution in [3.63, 3.8) is 0 Å². The number of nitrogens with zero attached hydrogens (tertiary/aromatic N) is 1. The lowest BCUT2D eigenvalue weighted by atomic mass is 10.2. The van der Waals surface area contributed by atoms with Gasteiger partial charge in [-0.15, -0.1) is 6.58 Å². The van der Waals surface area contributed by atoms with E-state index >= 15 is 0 Å². The minimum atomic E-state index is -0.0563. The van der Waals surface area contributed by atoms with Gasteiger partial charge in [0, 0.05) is 13.5 Å². The molecule has 0 fully saturated rings. The highest BCUT2D eigenvalue weighted by Crippen LogP contribution is 2.06. The van der Waals surface area contributed by atoms with Crippen LogP contribution in [0.1, 0.15) is 19.8 Å². The van der Waals surface area contributed by atoms with Gasteiger partial charge in [0.25, 0.3) is 0 Å². The molecule has 0 aliphatic rings. The molecule has 1 unspecified atom stereocenters. The Labute approximate surface area is 97.5 Å². The molecular formula is C12H21NO3. The molecule has 4 heteroatoms. The molecule has 0 aliphatic heterocycles. The van der Waals surface area contributed by atoms with Gasteiger partial charge in [0.15, 0.2) is 0 Å². The molecule has 16 heavy (non-hydrogen) atoms. The van der Waals surface area contributed by atoms with Crippen LogP contribution in [0.15, 0.2) is 24.8 Å². The second kappa shape index (κ2) is 9.12. The van der Waals surface area contributed by atoms with Crippen molar-refractivity contribution in [3.05, 3.63) is 24.8 Å². The molecule has 0 bridgehead atoms. The highest BCUT2D eigenvalue weighted by molar-refractivity contribution is 5.74. The number of carbonyl (C=O) groups is 1. The van der Waals surface area contributed by atoms with Crippen molar-refractivity contribution in [2.45, 2.75) is 25.9 Å². The lowest BCUT2D eigenvalue weighted by molar-refractivity contribution is -0.169. The van der Waals surface area contributed by atoms with Crippen molar-refractivity contribution in [2.24, 2.45) is 0 Å². The van der Waals surface area contributed by atoms with Crippen LogP contribution in [0.3, 0.4) is 0 Å². The van der Waals surface area contributed by atoms with Crippen molar-refractivity contribution in [1.29, 1.82) is 0 Å². The van der Waals surface area contributed by atoms with E-state index in [-0.39, 0.29) is 12.0 Å². The van der Waals surface area contributed by atoms with Gasteiger partial charge in [-0.1, -0.05) is 18.2 Å². The Morgan fingerprint density at radius 3 is 2.75 bits per heavy atom. The molecule has 0 aromatic carbocycles. The zero-order valence-electron chi connectivity index (χ0n) is 10.3. The second-order valence-corrected chi connectivity index (χ2v) is 3.30. The Kier molecular flexibility index (Phi) is 8.48. The molecule has 1 atom stereocenters. The summed E-state index contributed by atoms with van der Waals surface area (Å²) in [6.45, 7) is 6.00. The van der Waals surface area contributed by atoms with E-state index in [0.717, 1.165) is 0 Å². The molecule has 1 amide bonds. The first-order valence-electron chi connectivity index (χ1n) is 5.31. The molecular weight excluding hydrogens is 206 g/mol. The number of rotatable bonds is 8. The van der Waals surface area contributed by atoms with E-state index in [2.05, 4.69) is 6.58 Å². The molecule has 4 nitrogen and oxygen atoms in total. The Morgan fingerprint density at radius 2 is 2.25 bits per heavy atom. The summed E-state index contributed by atoms with van der Waals surface area (Å²) in [5, 5.41) is 1.22. The summed E-state index contributed by atoms with van der Waals surface area (Å²) in [5.74, 6) is -0.0563. The van der Waals surface area contributed by atoms with Crippen LogP contribution >= 0.6 is 0 Å². The van der Waals surface area contributed by atoms with Crippen molar-refractivity contribution in [1.82, 2.24) is 5.06 Å². The molecule has 0 spiro atoms. The maximum Gasteiger partial charge on any atom is 0.245 e. The van der Waals surface area contributed by atoms with Crippen LogP contribution in [0.2, 0.25) is 0 Å². The maximum atomic E-state index is 11.5. The summed E-state index contributed by atoms with van der Waals surface area (Å²) in [6, 6.07) is 0. The number of hydrogen-bond donors (Lipinski definition) is 0. The van der Waals surface area contributed by atoms with Crippen LogP contribution in [0.4, 0.5) is 0 Å². The van der Waals surface area contributed by atoms with Gasteiger partial charge < -0.3 is 4.74 Å². The van der Waals surface area contributed by atoms with Crippen LogP contribution in [0.5, 0.6) is 0 Å². The van der Waals surface area contributed by atoms with Crippen LogP contribution in [0.25, 0.3) is 0 Å². The second-order valence-electron chi connectivity index (χ2n) is 3.30. The fourth-order valence-electron chi connectivity index (χ4n) is 1.17. The third-order valence-corrected chi connectivity index (χ3v) is 2.10. The number of amides is 1. The zero-order valence-corrected chi connectivity index (χ0v) is 10.3. The molecule has 0 radical (unpaired) electrons. The molecule has 0 aliphatic carbocycles. The van der Waals surface area contributed by atoms with E-state index < -0.39 is 0 Å². The monoisotopic (exact) mass is 227 g/mol. The minimum Gasteiger partial charge on any atom is -0.370 e. The normalized spacial score (nSPS) is 12.7. The van der Waals surface area contributed by atoms with E-state index in [0.29, 0.717) is 19.4 Å². The SMILES string of the molecule is C=CCOC(/C=C/C)CCC(=O)N(C)OC. The van der Waals surface area contributed by atoms with Crippen LogP contribution in [-0.4, -0.2) is 37.8 Å². The lowest BCUT2D eigenvalue weighted by Crippen LogP contribution is -2.26. The third kappa shape index (κ3) is 6.37. The summed E-state index contributed by atoms with van der Waals surface area (Å²) in [6.07, 6.45) is 6.54. The number of ether oxygens (including phenoxy) is 1. The number of hydroxylamine groups is 2. The average Bonchev–Trinajstić information content (AvgIpc) is 2.31. The first-order valence-corrected chi connectivity index (χ1v) is 5.31. The van der Waals surface area contributed by atoms with Gasteiger partial charge in [0.2, 0.25) is 5.91 Å². The van der Waals surface area contributed by atoms with Crippen LogP contribution in [-0.2, 0) is 14.4 Å². The maximum absolute atomic E-state index is 11.5. The molecule has 0 aromatic rings. The molecule has 0 saturated carbocycles.